The Morgan fingerprint density at radius 1 is 0.571 bits per heavy atom. The lowest BCUT2D eigenvalue weighted by atomic mass is 9.71. The van der Waals surface area contributed by atoms with Crippen LogP contribution >= 0.6 is 0 Å². The van der Waals surface area contributed by atoms with Crippen molar-refractivity contribution in [3.63, 3.8) is 0 Å². The van der Waals surface area contributed by atoms with Crippen LogP contribution in [0.5, 0.6) is 0 Å². The van der Waals surface area contributed by atoms with Crippen molar-refractivity contribution in [1.29, 1.82) is 0 Å². The van der Waals surface area contributed by atoms with E-state index in [1.807, 2.05) is 0 Å². The van der Waals surface area contributed by atoms with Crippen LogP contribution in [0, 0.1) is 0 Å². The summed E-state index contributed by atoms with van der Waals surface area (Å²) in [7, 11) is 1.30. The zero-order chi connectivity index (χ0) is 30.1. The second-order valence-electron chi connectivity index (χ2n) is 14.1. The van der Waals surface area contributed by atoms with Gasteiger partial charge in [-0.3, -0.25) is 4.90 Å². The number of hydrogen-bond acceptors (Lipinski definition) is 5. The fourth-order valence-corrected chi connectivity index (χ4v) is 5.98. The van der Waals surface area contributed by atoms with Crippen molar-refractivity contribution < 1.29 is 18.6 Å². The Morgan fingerprint density at radius 2 is 1.05 bits per heavy atom. The Balaban J connectivity index is 1.37. The minimum Gasteiger partial charge on any atom is -0.399 e. The van der Waals surface area contributed by atoms with Gasteiger partial charge in [0.25, 0.3) is 0 Å². The first-order valence-electron chi connectivity index (χ1n) is 15.1. The van der Waals surface area contributed by atoms with Gasteiger partial charge in [0.2, 0.25) is 0 Å². The van der Waals surface area contributed by atoms with Gasteiger partial charge in [0.15, 0.2) is 0 Å². The predicted octanol–water partition coefficient (Wildman–Crippen LogP) is 6.22. The van der Waals surface area contributed by atoms with Gasteiger partial charge < -0.3 is 18.6 Å². The fourth-order valence-electron chi connectivity index (χ4n) is 5.98. The molecule has 4 aromatic carbocycles. The fraction of sp³-hybridized carbons (Fsp3) is 0.429. The molecule has 42 heavy (non-hydrogen) atoms. The van der Waals surface area contributed by atoms with E-state index in [1.54, 1.807) is 0 Å². The number of benzene rings is 4. The lowest BCUT2D eigenvalue weighted by Gasteiger charge is -2.32. The maximum absolute atomic E-state index is 6.53. The highest BCUT2D eigenvalue weighted by Gasteiger charge is 2.54. The van der Waals surface area contributed by atoms with E-state index < -0.39 is 36.6 Å². The molecule has 0 aromatic heterocycles. The lowest BCUT2D eigenvalue weighted by Crippen LogP contribution is -2.42. The molecule has 2 heterocycles. The van der Waals surface area contributed by atoms with Gasteiger partial charge in [-0.05, 0) is 112 Å². The van der Waals surface area contributed by atoms with Crippen LogP contribution in [0.15, 0.2) is 72.8 Å². The van der Waals surface area contributed by atoms with Crippen LogP contribution in [0.1, 0.15) is 66.5 Å². The third-order valence-electron chi connectivity index (χ3n) is 9.95. The van der Waals surface area contributed by atoms with E-state index in [-0.39, 0.29) is 0 Å². The second kappa shape index (κ2) is 10.2. The summed E-state index contributed by atoms with van der Waals surface area (Å²) in [6, 6.07) is 26.1. The number of fused-ring (bicyclic) bond motifs is 2. The number of hydrogen-bond donors (Lipinski definition) is 0. The molecular formula is C35H43B2NO4. The lowest BCUT2D eigenvalue weighted by molar-refractivity contribution is 0.00578. The molecule has 0 spiro atoms. The molecule has 6 rings (SSSR count). The molecule has 218 valence electrons. The molecule has 2 fully saturated rings. The van der Waals surface area contributed by atoms with Gasteiger partial charge in [-0.2, -0.15) is 0 Å². The molecule has 0 radical (unpaired) electrons. The minimum atomic E-state index is -0.455. The van der Waals surface area contributed by atoms with Gasteiger partial charge in [-0.15, -0.1) is 0 Å². The molecule has 0 aliphatic carbocycles. The second-order valence-corrected chi connectivity index (χ2v) is 14.1. The number of rotatable bonds is 6. The summed E-state index contributed by atoms with van der Waals surface area (Å²) < 4.78 is 25.9. The first kappa shape index (κ1) is 29.4. The van der Waals surface area contributed by atoms with Crippen molar-refractivity contribution in [2.45, 2.75) is 90.9 Å². The molecule has 0 bridgehead atoms. The van der Waals surface area contributed by atoms with Gasteiger partial charge in [-0.1, -0.05) is 66.7 Å². The van der Waals surface area contributed by atoms with Crippen LogP contribution in [-0.2, 0) is 31.7 Å². The average molecular weight is 563 g/mol. The summed E-state index contributed by atoms with van der Waals surface area (Å²) >= 11 is 0. The maximum Gasteiger partial charge on any atom is 0.495 e. The first-order valence-corrected chi connectivity index (χ1v) is 15.1. The Hall–Kier alpha value is -2.67. The van der Waals surface area contributed by atoms with Gasteiger partial charge in [0, 0.05) is 13.1 Å². The standard InChI is InChI=1S/C35H43B2NO4/c1-32(2)33(3,4)40-36(39-32)27-18-19-31(37-41-34(5,6)35(7,8)42-37)26(21-27)22-38(9)23-30-28-16-12-10-14-24(28)20-25-15-11-13-17-29(25)30/h10-21H,22-23H2,1-9H3. The number of nitrogens with zero attached hydrogens (tertiary/aromatic N) is 1. The molecule has 4 aromatic rings. The molecule has 7 heteroatoms. The predicted molar refractivity (Wildman–Crippen MR) is 174 cm³/mol. The molecule has 0 N–H and O–H groups in total. The van der Waals surface area contributed by atoms with E-state index in [4.69, 9.17) is 18.6 Å². The van der Waals surface area contributed by atoms with Crippen LogP contribution in [0.4, 0.5) is 0 Å². The van der Waals surface area contributed by atoms with Crippen molar-refractivity contribution in [1.82, 2.24) is 4.90 Å². The Kier molecular flexibility index (Phi) is 7.15. The van der Waals surface area contributed by atoms with Gasteiger partial charge in [0.05, 0.1) is 22.4 Å². The summed E-state index contributed by atoms with van der Waals surface area (Å²) in [6.07, 6.45) is 0. The van der Waals surface area contributed by atoms with Gasteiger partial charge in [-0.25, -0.2) is 0 Å². The van der Waals surface area contributed by atoms with Crippen LogP contribution in [-0.4, -0.2) is 48.6 Å². The van der Waals surface area contributed by atoms with E-state index >= 15 is 0 Å². The topological polar surface area (TPSA) is 40.2 Å². The highest BCUT2D eigenvalue weighted by Crippen LogP contribution is 2.38. The monoisotopic (exact) mass is 563 g/mol. The van der Waals surface area contributed by atoms with E-state index in [9.17, 15) is 0 Å². The summed E-state index contributed by atoms with van der Waals surface area (Å²) in [6.45, 7) is 18.3. The van der Waals surface area contributed by atoms with Crippen LogP contribution in [0.3, 0.4) is 0 Å². The smallest absolute Gasteiger partial charge is 0.399 e. The van der Waals surface area contributed by atoms with E-state index in [1.165, 1.54) is 27.1 Å². The third kappa shape index (κ3) is 5.10. The molecule has 0 unspecified atom stereocenters. The zero-order valence-electron chi connectivity index (χ0n) is 26.6. The maximum atomic E-state index is 6.53. The van der Waals surface area contributed by atoms with Crippen LogP contribution in [0.25, 0.3) is 21.5 Å². The van der Waals surface area contributed by atoms with Crippen molar-refractivity contribution in [2.24, 2.45) is 0 Å². The molecule has 0 saturated carbocycles. The molecule has 2 aliphatic heterocycles. The summed E-state index contributed by atoms with van der Waals surface area (Å²) in [4.78, 5) is 2.38. The summed E-state index contributed by atoms with van der Waals surface area (Å²) in [5.41, 5.74) is 2.87. The van der Waals surface area contributed by atoms with E-state index in [0.29, 0.717) is 6.54 Å². The van der Waals surface area contributed by atoms with Crippen molar-refractivity contribution in [3.8, 4) is 0 Å². The molecule has 0 atom stereocenters. The Morgan fingerprint density at radius 3 is 1.57 bits per heavy atom. The van der Waals surface area contributed by atoms with E-state index in [0.717, 1.165) is 23.0 Å². The van der Waals surface area contributed by atoms with E-state index in [2.05, 4.69) is 140 Å². The summed E-state index contributed by atoms with van der Waals surface area (Å²) in [5.74, 6) is 0. The molecule has 2 aliphatic rings. The van der Waals surface area contributed by atoms with Gasteiger partial charge >= 0.3 is 14.2 Å². The van der Waals surface area contributed by atoms with Crippen molar-refractivity contribution in [2.75, 3.05) is 7.05 Å². The quantitative estimate of drug-likeness (QED) is 0.206. The molecular weight excluding hydrogens is 520 g/mol. The normalized spacial score (nSPS) is 20.7. The van der Waals surface area contributed by atoms with Crippen molar-refractivity contribution in [3.05, 3.63) is 83.9 Å². The zero-order valence-corrected chi connectivity index (χ0v) is 26.6. The third-order valence-corrected chi connectivity index (χ3v) is 9.95. The van der Waals surface area contributed by atoms with Crippen LogP contribution in [0.2, 0.25) is 0 Å². The highest BCUT2D eigenvalue weighted by atomic mass is 16.7. The summed E-state index contributed by atoms with van der Waals surface area (Å²) in [5, 5.41) is 5.11. The minimum absolute atomic E-state index is 0.408. The Bertz CT molecular complexity index is 1560. The van der Waals surface area contributed by atoms with Crippen LogP contribution < -0.4 is 10.9 Å². The molecule has 0 amide bonds. The molecule has 2 saturated heterocycles. The Labute approximate surface area is 251 Å². The molecule has 5 nitrogen and oxygen atoms in total. The first-order chi connectivity index (χ1) is 19.7. The van der Waals surface area contributed by atoms with Gasteiger partial charge in [0.1, 0.15) is 0 Å². The van der Waals surface area contributed by atoms with Crippen molar-refractivity contribution >= 4 is 46.7 Å². The SMILES string of the molecule is CN(Cc1cc(B2OC(C)(C)C(C)(C)O2)ccc1B1OC(C)(C)C(C)(C)O1)Cc1c2ccccc2cc2ccccc12. The highest BCUT2D eigenvalue weighted by molar-refractivity contribution is 6.64. The largest absolute Gasteiger partial charge is 0.495 e. The average Bonchev–Trinajstić information content (AvgIpc) is 3.27.